The molecule has 13 nitrogen and oxygen atoms in total. The summed E-state index contributed by atoms with van der Waals surface area (Å²) in [6.07, 6.45) is 65.6. The van der Waals surface area contributed by atoms with Gasteiger partial charge in [0.15, 0.2) is 12.6 Å². The fraction of sp³-hybridized carbons (Fsp3) is 0.979. The zero-order valence-electron chi connectivity index (χ0n) is 72.7. The van der Waals surface area contributed by atoms with Crippen LogP contribution in [0.15, 0.2) is 0 Å². The molecule has 0 aromatic heterocycles. The molecular weight excluding hydrogens is 1340 g/mol. The number of carbonyl (C=O) groups is 2. The van der Waals surface area contributed by atoms with Gasteiger partial charge in [-0.3, -0.25) is 9.59 Å². The van der Waals surface area contributed by atoms with Crippen LogP contribution in [-0.4, -0.2) is 126 Å². The predicted octanol–water partition coefficient (Wildman–Crippen LogP) is 27.5. The Hall–Kier alpha value is -1.42. The van der Waals surface area contributed by atoms with Crippen LogP contribution < -0.4 is 0 Å². The van der Waals surface area contributed by atoms with Crippen molar-refractivity contribution in [2.75, 3.05) is 52.9 Å². The minimum Gasteiger partial charge on any atom is -0.463 e. The van der Waals surface area contributed by atoms with E-state index in [2.05, 4.69) is 69.2 Å². The highest BCUT2D eigenvalue weighted by molar-refractivity contribution is 5.70. The summed E-state index contributed by atoms with van der Waals surface area (Å²) >= 11 is 0. The molecule has 2 aliphatic rings. The van der Waals surface area contributed by atoms with Gasteiger partial charge in [-0.25, -0.2) is 0 Å². The Morgan fingerprint density at radius 2 is 0.421 bits per heavy atom. The number of hydrogen-bond donors (Lipinski definition) is 0. The Bertz CT molecular complexity index is 1680. The molecule has 0 bridgehead atoms. The molecule has 636 valence electrons. The van der Waals surface area contributed by atoms with Crippen LogP contribution in [0.3, 0.4) is 0 Å². The lowest BCUT2D eigenvalue weighted by Gasteiger charge is -2.49. The highest BCUT2D eigenvalue weighted by Gasteiger charge is 2.54. The van der Waals surface area contributed by atoms with E-state index < -0.39 is 61.4 Å². The summed E-state index contributed by atoms with van der Waals surface area (Å²) in [7, 11) is 0. The van der Waals surface area contributed by atoms with Gasteiger partial charge in [-0.15, -0.1) is 0 Å². The first-order valence-corrected chi connectivity index (χ1v) is 47.7. The van der Waals surface area contributed by atoms with Crippen LogP contribution in [0.4, 0.5) is 0 Å². The van der Waals surface area contributed by atoms with Crippen LogP contribution in [0.1, 0.15) is 467 Å². The standard InChI is InChI=1S/C94H182O13/c1-11-21-31-35-39-43-47-51-55-59-63-67-81(68-64-60-56-52-48-44-40-36-32-22-12-2)77-85(95)103-79-83-87(97-71-25-15-5)89(99-73-27-17-7)91(101-75-29-19-9)93(105-83)107-94-92(102-76-30-20-10)90(100-74-28-18-8)88(98-72-26-16-6)84(106-94)80-104-86(96)78-82(69-65-61-57-53-49-45-41-37-33-23-13-3)70-66-62-58-54-50-46-42-38-34-24-14-4/h81-84,87-94H,11-80H2,1-10H3/t83?,84?,87-,88-,89+,90+,91?,92?,93-,94-/m1/s1. The predicted molar refractivity (Wildman–Crippen MR) is 449 cm³/mol. The van der Waals surface area contributed by atoms with Gasteiger partial charge in [-0.2, -0.15) is 0 Å². The fourth-order valence-corrected chi connectivity index (χ4v) is 15.7. The molecule has 2 aliphatic heterocycles. The van der Waals surface area contributed by atoms with Crippen molar-refractivity contribution < 1.29 is 61.7 Å². The number of ether oxygens (including phenoxy) is 11. The minimum atomic E-state index is -1.06. The van der Waals surface area contributed by atoms with Crippen LogP contribution in [0.2, 0.25) is 0 Å². The Kier molecular flexibility index (Phi) is 72.1. The first-order valence-electron chi connectivity index (χ1n) is 47.7. The van der Waals surface area contributed by atoms with Gasteiger partial charge >= 0.3 is 11.9 Å². The van der Waals surface area contributed by atoms with E-state index >= 15 is 0 Å². The number of esters is 2. The second-order valence-electron chi connectivity index (χ2n) is 33.2. The van der Waals surface area contributed by atoms with Crippen LogP contribution in [0.25, 0.3) is 0 Å². The third kappa shape index (κ3) is 54.1. The van der Waals surface area contributed by atoms with E-state index in [1.807, 2.05) is 0 Å². The molecular formula is C94H182O13. The van der Waals surface area contributed by atoms with Gasteiger partial charge in [0.05, 0.1) is 0 Å². The topological polar surface area (TPSA) is 136 Å². The van der Waals surface area contributed by atoms with Gasteiger partial charge in [-0.1, -0.05) is 390 Å². The van der Waals surface area contributed by atoms with Crippen molar-refractivity contribution in [1.82, 2.24) is 0 Å². The maximum Gasteiger partial charge on any atom is 0.306 e. The van der Waals surface area contributed by atoms with E-state index in [-0.39, 0.29) is 37.0 Å². The lowest BCUT2D eigenvalue weighted by Crippen LogP contribution is -2.66. The lowest BCUT2D eigenvalue weighted by molar-refractivity contribution is -0.390. The molecule has 0 saturated carbocycles. The molecule has 0 radical (unpaired) electrons. The average molecular weight is 1520 g/mol. The van der Waals surface area contributed by atoms with Crippen molar-refractivity contribution in [3.63, 3.8) is 0 Å². The molecule has 107 heavy (non-hydrogen) atoms. The molecule has 13 heteroatoms. The zero-order chi connectivity index (χ0) is 77.4. The summed E-state index contributed by atoms with van der Waals surface area (Å²) in [5.41, 5.74) is 0. The summed E-state index contributed by atoms with van der Waals surface area (Å²) in [5.74, 6) is 0.159. The third-order valence-electron chi connectivity index (χ3n) is 22.9. The molecule has 2 rings (SSSR count). The monoisotopic (exact) mass is 1520 g/mol. The Labute approximate surface area is 663 Å². The van der Waals surface area contributed by atoms with Crippen LogP contribution in [0, 0.1) is 11.8 Å². The third-order valence-corrected chi connectivity index (χ3v) is 22.9. The lowest BCUT2D eigenvalue weighted by atomic mass is 9.91. The highest BCUT2D eigenvalue weighted by Crippen LogP contribution is 2.37. The van der Waals surface area contributed by atoms with Crippen molar-refractivity contribution >= 4 is 11.9 Å². The van der Waals surface area contributed by atoms with Crippen LogP contribution >= 0.6 is 0 Å². The molecule has 0 aliphatic carbocycles. The fourth-order valence-electron chi connectivity index (χ4n) is 15.7. The largest absolute Gasteiger partial charge is 0.463 e. The van der Waals surface area contributed by atoms with E-state index in [0.717, 1.165) is 128 Å². The summed E-state index contributed by atoms with van der Waals surface area (Å²) < 4.78 is 76.9. The summed E-state index contributed by atoms with van der Waals surface area (Å²) in [6.45, 7) is 25.0. The van der Waals surface area contributed by atoms with Crippen molar-refractivity contribution in [1.29, 1.82) is 0 Å². The van der Waals surface area contributed by atoms with E-state index in [1.165, 1.54) is 257 Å². The second kappa shape index (κ2) is 75.9. The Morgan fingerprint density at radius 1 is 0.234 bits per heavy atom. The SMILES string of the molecule is CCCCCCCCCCCCCC(CCCCCCCCCCCCC)CC(=O)OCC1O[C@H](O[C@H]2OC(COC(=O)CC(CCCCCCCCCCCCC)CCCCCCCCCCCCC)[C@@H](OCCCC)[C@H](OCCCC)C2OCCCC)C(OCCCC)[C@@H](OCCCC)[C@@H]1OCCCC. The molecule has 0 N–H and O–H groups in total. The van der Waals surface area contributed by atoms with E-state index in [9.17, 15) is 9.59 Å². The Balaban J connectivity index is 2.59. The molecule has 2 fully saturated rings. The van der Waals surface area contributed by atoms with Crippen molar-refractivity contribution in [2.45, 2.75) is 529 Å². The van der Waals surface area contributed by atoms with E-state index in [4.69, 9.17) is 52.1 Å². The first kappa shape index (κ1) is 102. The molecule has 0 amide bonds. The molecule has 0 spiro atoms. The van der Waals surface area contributed by atoms with Crippen LogP contribution in [0.5, 0.6) is 0 Å². The highest BCUT2D eigenvalue weighted by atomic mass is 16.8. The minimum absolute atomic E-state index is 0.0233. The number of rotatable bonds is 82. The van der Waals surface area contributed by atoms with Gasteiger partial charge in [0.2, 0.25) is 0 Å². The molecule has 4 unspecified atom stereocenters. The van der Waals surface area contributed by atoms with E-state index in [0.29, 0.717) is 52.5 Å². The molecule has 10 atom stereocenters. The number of carbonyl (C=O) groups excluding carboxylic acids is 2. The Morgan fingerprint density at radius 3 is 0.636 bits per heavy atom. The van der Waals surface area contributed by atoms with Crippen LogP contribution in [-0.2, 0) is 61.7 Å². The van der Waals surface area contributed by atoms with E-state index in [1.54, 1.807) is 0 Å². The van der Waals surface area contributed by atoms with Crippen molar-refractivity contribution in [3.05, 3.63) is 0 Å². The van der Waals surface area contributed by atoms with Gasteiger partial charge < -0.3 is 52.1 Å². The maximum absolute atomic E-state index is 14.6. The van der Waals surface area contributed by atoms with Crippen molar-refractivity contribution in [3.8, 4) is 0 Å². The normalized spacial score (nSPS) is 20.5. The van der Waals surface area contributed by atoms with Gasteiger partial charge in [0, 0.05) is 52.5 Å². The molecule has 2 saturated heterocycles. The summed E-state index contributed by atoms with van der Waals surface area (Å²) in [4.78, 5) is 29.2. The smallest absolute Gasteiger partial charge is 0.306 e. The average Bonchev–Trinajstić information content (AvgIpc) is 0.774. The second-order valence-corrected chi connectivity index (χ2v) is 33.2. The quantitative estimate of drug-likeness (QED) is 0.0423. The van der Waals surface area contributed by atoms with Crippen molar-refractivity contribution in [2.24, 2.45) is 11.8 Å². The zero-order valence-corrected chi connectivity index (χ0v) is 72.7. The summed E-state index contributed by atoms with van der Waals surface area (Å²) in [5, 5.41) is 0. The summed E-state index contributed by atoms with van der Waals surface area (Å²) in [6, 6.07) is 0. The number of unbranched alkanes of at least 4 members (excludes halogenated alkanes) is 46. The molecule has 0 aromatic rings. The van der Waals surface area contributed by atoms with Gasteiger partial charge in [-0.05, 0) is 76.0 Å². The number of hydrogen-bond acceptors (Lipinski definition) is 13. The van der Waals surface area contributed by atoms with Gasteiger partial charge in [0.1, 0.15) is 62.0 Å². The first-order chi connectivity index (χ1) is 52.7. The molecule has 0 aromatic carbocycles. The molecule has 2 heterocycles. The van der Waals surface area contributed by atoms with Gasteiger partial charge in [0.25, 0.3) is 0 Å². The maximum atomic E-state index is 14.6.